The van der Waals surface area contributed by atoms with Crippen LogP contribution >= 0.6 is 11.6 Å². The average molecular weight is 414 g/mol. The molecule has 0 radical (unpaired) electrons. The molecule has 2 unspecified atom stereocenters. The topological polar surface area (TPSA) is 90.9 Å². The van der Waals surface area contributed by atoms with E-state index in [1.807, 2.05) is 0 Å². The van der Waals surface area contributed by atoms with Gasteiger partial charge < -0.3 is 19.5 Å². The molecule has 0 aromatic heterocycles. The molecule has 8 heteroatoms. The number of benzene rings is 1. The number of hydrogen-bond donors (Lipinski definition) is 1. The fourth-order valence-electron chi connectivity index (χ4n) is 1.88. The number of halogens is 1. The van der Waals surface area contributed by atoms with Gasteiger partial charge in [0.15, 0.2) is 0 Å². The van der Waals surface area contributed by atoms with Gasteiger partial charge in [0, 0.05) is 10.9 Å². The number of carbonyl (C=O) groups excluding carboxylic acids is 3. The van der Waals surface area contributed by atoms with Gasteiger partial charge in [0.05, 0.1) is 5.41 Å². The third kappa shape index (κ3) is 7.76. The summed E-state index contributed by atoms with van der Waals surface area (Å²) in [6.07, 6.45) is -1.66. The number of rotatable bonds is 7. The Morgan fingerprint density at radius 3 is 2.11 bits per heavy atom. The van der Waals surface area contributed by atoms with Crippen LogP contribution in [-0.4, -0.2) is 30.4 Å². The molecule has 0 aliphatic heterocycles. The summed E-state index contributed by atoms with van der Waals surface area (Å²) in [5.41, 5.74) is -0.735. The summed E-state index contributed by atoms with van der Waals surface area (Å²) in [4.78, 5) is 36.5. The van der Waals surface area contributed by atoms with Gasteiger partial charge in [0.1, 0.15) is 11.8 Å². The summed E-state index contributed by atoms with van der Waals surface area (Å²) in [7, 11) is 0. The Bertz CT molecular complexity index is 681. The summed E-state index contributed by atoms with van der Waals surface area (Å²) in [6.45, 7) is 10.3. The maximum absolute atomic E-state index is 12.3. The zero-order chi connectivity index (χ0) is 21.5. The SMILES string of the molecule is CCC(NC(=O)OC(OC(=O)C(C)(C)C)C(C)C)C(=O)Oc1ccc(Cl)cc1. The molecule has 0 fully saturated rings. The summed E-state index contributed by atoms with van der Waals surface area (Å²) in [5, 5.41) is 2.95. The second-order valence-electron chi connectivity index (χ2n) is 7.65. The van der Waals surface area contributed by atoms with E-state index in [0.29, 0.717) is 10.8 Å². The maximum Gasteiger partial charge on any atom is 0.410 e. The van der Waals surface area contributed by atoms with Crippen molar-refractivity contribution in [3.05, 3.63) is 29.3 Å². The molecule has 0 saturated carbocycles. The highest BCUT2D eigenvalue weighted by Crippen LogP contribution is 2.20. The Hall–Kier alpha value is -2.28. The molecule has 1 rings (SSSR count). The van der Waals surface area contributed by atoms with Gasteiger partial charge in [-0.05, 0) is 51.5 Å². The predicted molar refractivity (Wildman–Crippen MR) is 105 cm³/mol. The lowest BCUT2D eigenvalue weighted by atomic mass is 9.97. The molecular formula is C20H28ClNO6. The quantitative estimate of drug-likeness (QED) is 0.406. The van der Waals surface area contributed by atoms with Crippen molar-refractivity contribution in [3.63, 3.8) is 0 Å². The van der Waals surface area contributed by atoms with Gasteiger partial charge in [-0.15, -0.1) is 0 Å². The van der Waals surface area contributed by atoms with Crippen LogP contribution < -0.4 is 10.1 Å². The van der Waals surface area contributed by atoms with Crippen molar-refractivity contribution in [3.8, 4) is 5.75 Å². The highest BCUT2D eigenvalue weighted by molar-refractivity contribution is 6.30. The molecule has 0 spiro atoms. The molecule has 0 aliphatic carbocycles. The summed E-state index contributed by atoms with van der Waals surface area (Å²) in [6, 6.07) is 5.35. The van der Waals surface area contributed by atoms with E-state index in [-0.39, 0.29) is 12.3 Å². The molecule has 0 aliphatic rings. The Morgan fingerprint density at radius 1 is 1.07 bits per heavy atom. The van der Waals surface area contributed by atoms with Crippen LogP contribution in [0.3, 0.4) is 0 Å². The van der Waals surface area contributed by atoms with Crippen LogP contribution in [0.15, 0.2) is 24.3 Å². The predicted octanol–water partition coefficient (Wildman–Crippen LogP) is 4.32. The first kappa shape index (κ1) is 23.8. The number of alkyl carbamates (subject to hydrolysis) is 1. The van der Waals surface area contributed by atoms with Crippen molar-refractivity contribution in [1.82, 2.24) is 5.32 Å². The number of amides is 1. The number of hydrogen-bond acceptors (Lipinski definition) is 6. The van der Waals surface area contributed by atoms with E-state index < -0.39 is 35.8 Å². The van der Waals surface area contributed by atoms with Crippen LogP contribution in [0.25, 0.3) is 0 Å². The van der Waals surface area contributed by atoms with Crippen molar-refractivity contribution in [1.29, 1.82) is 0 Å². The number of esters is 2. The molecule has 156 valence electrons. The van der Waals surface area contributed by atoms with Gasteiger partial charge in [-0.2, -0.15) is 0 Å². The average Bonchev–Trinajstić information content (AvgIpc) is 2.59. The fraction of sp³-hybridized carbons (Fsp3) is 0.550. The zero-order valence-electron chi connectivity index (χ0n) is 17.1. The Balaban J connectivity index is 2.69. The molecule has 2 atom stereocenters. The van der Waals surface area contributed by atoms with Crippen LogP contribution in [0, 0.1) is 11.3 Å². The van der Waals surface area contributed by atoms with Crippen LogP contribution in [0.2, 0.25) is 5.02 Å². The van der Waals surface area contributed by atoms with E-state index in [4.69, 9.17) is 25.8 Å². The Morgan fingerprint density at radius 2 is 1.64 bits per heavy atom. The first-order valence-corrected chi connectivity index (χ1v) is 9.47. The highest BCUT2D eigenvalue weighted by Gasteiger charge is 2.31. The zero-order valence-corrected chi connectivity index (χ0v) is 17.8. The van der Waals surface area contributed by atoms with E-state index >= 15 is 0 Å². The van der Waals surface area contributed by atoms with Gasteiger partial charge in [0.2, 0.25) is 0 Å². The van der Waals surface area contributed by atoms with E-state index in [2.05, 4.69) is 5.32 Å². The number of carbonyl (C=O) groups is 3. The maximum atomic E-state index is 12.3. The van der Waals surface area contributed by atoms with Crippen molar-refractivity contribution in [2.45, 2.75) is 60.3 Å². The summed E-state index contributed by atoms with van der Waals surface area (Å²) in [5.74, 6) is -1.09. The standard InChI is InChI=1S/C20H28ClNO6/c1-7-15(16(23)26-14-10-8-13(21)9-11-14)22-19(25)28-17(12(2)3)27-18(24)20(4,5)6/h8-12,15,17H,7H2,1-6H3,(H,22,25). The Labute approximate surface area is 170 Å². The molecule has 0 heterocycles. The van der Waals surface area contributed by atoms with Gasteiger partial charge in [0.25, 0.3) is 6.29 Å². The lowest BCUT2D eigenvalue weighted by molar-refractivity contribution is -0.184. The minimum absolute atomic E-state index is 0.266. The fourth-order valence-corrected chi connectivity index (χ4v) is 2.00. The van der Waals surface area contributed by atoms with Crippen molar-refractivity contribution < 1.29 is 28.6 Å². The Kier molecular flexibility index (Phi) is 8.75. The van der Waals surface area contributed by atoms with Crippen molar-refractivity contribution >= 4 is 29.6 Å². The number of ether oxygens (including phenoxy) is 3. The van der Waals surface area contributed by atoms with Crippen LogP contribution in [0.5, 0.6) is 5.75 Å². The van der Waals surface area contributed by atoms with Crippen LogP contribution in [0.1, 0.15) is 48.0 Å². The summed E-state index contributed by atoms with van der Waals surface area (Å²) >= 11 is 5.79. The lowest BCUT2D eigenvalue weighted by Gasteiger charge is -2.26. The molecule has 1 aromatic carbocycles. The third-order valence-electron chi connectivity index (χ3n) is 3.62. The molecule has 1 aromatic rings. The number of nitrogens with one attached hydrogen (secondary N) is 1. The highest BCUT2D eigenvalue weighted by atomic mass is 35.5. The minimum atomic E-state index is -1.07. The second kappa shape index (κ2) is 10.3. The van der Waals surface area contributed by atoms with E-state index in [9.17, 15) is 14.4 Å². The van der Waals surface area contributed by atoms with Crippen LogP contribution in [-0.2, 0) is 19.1 Å². The molecular weight excluding hydrogens is 386 g/mol. The van der Waals surface area contributed by atoms with Crippen molar-refractivity contribution in [2.24, 2.45) is 11.3 Å². The third-order valence-corrected chi connectivity index (χ3v) is 3.87. The molecule has 1 amide bonds. The van der Waals surface area contributed by atoms with Gasteiger partial charge in [-0.1, -0.05) is 32.4 Å². The van der Waals surface area contributed by atoms with Gasteiger partial charge in [-0.25, -0.2) is 9.59 Å². The molecule has 1 N–H and O–H groups in total. The van der Waals surface area contributed by atoms with E-state index in [0.717, 1.165) is 0 Å². The van der Waals surface area contributed by atoms with Crippen LogP contribution in [0.4, 0.5) is 4.79 Å². The van der Waals surface area contributed by atoms with Crippen molar-refractivity contribution in [2.75, 3.05) is 0 Å². The van der Waals surface area contributed by atoms with Gasteiger partial charge in [-0.3, -0.25) is 4.79 Å². The normalized spacial score (nSPS) is 13.4. The van der Waals surface area contributed by atoms with E-state index in [1.54, 1.807) is 65.8 Å². The molecule has 28 heavy (non-hydrogen) atoms. The summed E-state index contributed by atoms with van der Waals surface area (Å²) < 4.78 is 15.7. The molecule has 0 saturated heterocycles. The minimum Gasteiger partial charge on any atom is -0.425 e. The monoisotopic (exact) mass is 413 g/mol. The lowest BCUT2D eigenvalue weighted by Crippen LogP contribution is -2.45. The smallest absolute Gasteiger partial charge is 0.410 e. The second-order valence-corrected chi connectivity index (χ2v) is 8.09. The van der Waals surface area contributed by atoms with Gasteiger partial charge >= 0.3 is 18.0 Å². The molecule has 7 nitrogen and oxygen atoms in total. The first-order chi connectivity index (χ1) is 12.9. The first-order valence-electron chi connectivity index (χ1n) is 9.09. The molecule has 0 bridgehead atoms. The largest absolute Gasteiger partial charge is 0.425 e. The van der Waals surface area contributed by atoms with E-state index in [1.165, 1.54) is 0 Å².